The van der Waals surface area contributed by atoms with Crippen molar-refractivity contribution in [2.24, 2.45) is 5.92 Å². The summed E-state index contributed by atoms with van der Waals surface area (Å²) in [6.45, 7) is 4.42. The number of anilines is 2. The molecule has 5 nitrogen and oxygen atoms in total. The molecule has 0 unspecified atom stereocenters. The molecule has 25 heavy (non-hydrogen) atoms. The Morgan fingerprint density at radius 3 is 2.52 bits per heavy atom. The van der Waals surface area contributed by atoms with Gasteiger partial charge in [0.1, 0.15) is 5.75 Å². The van der Waals surface area contributed by atoms with Gasteiger partial charge < -0.3 is 15.0 Å². The standard InChI is InChI=1S/C20H22N2O3/c1-13-4-9-18(14(2)10-13)22-12-15(11-19(22)23)20(24)21-16-5-7-17(25-3)8-6-16/h4-10,15H,11-12H2,1-3H3,(H,21,24)/t15-/m1/s1. The molecule has 0 radical (unpaired) electrons. The monoisotopic (exact) mass is 338 g/mol. The number of amides is 2. The van der Waals surface area contributed by atoms with E-state index in [1.165, 1.54) is 0 Å². The number of carbonyl (C=O) groups excluding carboxylic acids is 2. The minimum absolute atomic E-state index is 0.0122. The van der Waals surface area contributed by atoms with Crippen LogP contribution >= 0.6 is 0 Å². The average molecular weight is 338 g/mol. The summed E-state index contributed by atoms with van der Waals surface area (Å²) in [5, 5.41) is 2.88. The molecule has 0 bridgehead atoms. The van der Waals surface area contributed by atoms with Crippen molar-refractivity contribution in [2.45, 2.75) is 20.3 Å². The number of hydrogen-bond donors (Lipinski definition) is 1. The van der Waals surface area contributed by atoms with Gasteiger partial charge in [-0.1, -0.05) is 17.7 Å². The van der Waals surface area contributed by atoms with Crippen LogP contribution in [0.15, 0.2) is 42.5 Å². The van der Waals surface area contributed by atoms with Gasteiger partial charge in [0, 0.05) is 24.3 Å². The molecule has 1 saturated heterocycles. The van der Waals surface area contributed by atoms with Crippen LogP contribution in [0.2, 0.25) is 0 Å². The Hall–Kier alpha value is -2.82. The van der Waals surface area contributed by atoms with Crippen LogP contribution in [-0.4, -0.2) is 25.5 Å². The molecule has 1 fully saturated rings. The zero-order chi connectivity index (χ0) is 18.0. The number of nitrogens with one attached hydrogen (secondary N) is 1. The van der Waals surface area contributed by atoms with Crippen molar-refractivity contribution in [3.05, 3.63) is 53.6 Å². The molecular weight excluding hydrogens is 316 g/mol. The topological polar surface area (TPSA) is 58.6 Å². The minimum Gasteiger partial charge on any atom is -0.497 e. The lowest BCUT2D eigenvalue weighted by atomic mass is 10.1. The summed E-state index contributed by atoms with van der Waals surface area (Å²) in [6, 6.07) is 13.1. The first kappa shape index (κ1) is 17.0. The zero-order valence-corrected chi connectivity index (χ0v) is 14.7. The number of rotatable bonds is 4. The third kappa shape index (κ3) is 3.65. The predicted octanol–water partition coefficient (Wildman–Crippen LogP) is 3.30. The fraction of sp³-hybridized carbons (Fsp3) is 0.300. The molecule has 0 aromatic heterocycles. The van der Waals surface area contributed by atoms with E-state index in [0.29, 0.717) is 12.2 Å². The van der Waals surface area contributed by atoms with Gasteiger partial charge in [-0.15, -0.1) is 0 Å². The average Bonchev–Trinajstić information content (AvgIpc) is 2.97. The second-order valence-electron chi connectivity index (χ2n) is 6.41. The molecule has 0 spiro atoms. The quantitative estimate of drug-likeness (QED) is 0.930. The van der Waals surface area contributed by atoms with Gasteiger partial charge in [0.05, 0.1) is 13.0 Å². The van der Waals surface area contributed by atoms with Crippen molar-refractivity contribution in [2.75, 3.05) is 23.9 Å². The lowest BCUT2D eigenvalue weighted by molar-refractivity contribution is -0.122. The van der Waals surface area contributed by atoms with Gasteiger partial charge in [-0.25, -0.2) is 0 Å². The van der Waals surface area contributed by atoms with Crippen molar-refractivity contribution < 1.29 is 14.3 Å². The molecular formula is C20H22N2O3. The maximum atomic E-state index is 12.5. The molecule has 1 aliphatic rings. The number of carbonyl (C=O) groups is 2. The van der Waals surface area contributed by atoms with E-state index >= 15 is 0 Å². The van der Waals surface area contributed by atoms with E-state index in [1.54, 1.807) is 36.3 Å². The van der Waals surface area contributed by atoms with Crippen LogP contribution in [0.5, 0.6) is 5.75 Å². The summed E-state index contributed by atoms with van der Waals surface area (Å²) in [6.07, 6.45) is 0.231. The van der Waals surface area contributed by atoms with Crippen LogP contribution in [0.3, 0.4) is 0 Å². The van der Waals surface area contributed by atoms with Gasteiger partial charge in [0.25, 0.3) is 0 Å². The van der Waals surface area contributed by atoms with Crippen LogP contribution < -0.4 is 15.0 Å². The van der Waals surface area contributed by atoms with Crippen molar-refractivity contribution in [3.8, 4) is 5.75 Å². The van der Waals surface area contributed by atoms with Crippen molar-refractivity contribution in [1.82, 2.24) is 0 Å². The molecule has 1 heterocycles. The largest absolute Gasteiger partial charge is 0.497 e. The lowest BCUT2D eigenvalue weighted by Crippen LogP contribution is -2.28. The summed E-state index contributed by atoms with van der Waals surface area (Å²) >= 11 is 0. The fourth-order valence-corrected chi connectivity index (χ4v) is 3.14. The Kier molecular flexibility index (Phi) is 4.74. The highest BCUT2D eigenvalue weighted by Crippen LogP contribution is 2.29. The molecule has 1 aliphatic heterocycles. The van der Waals surface area contributed by atoms with E-state index in [-0.39, 0.29) is 24.2 Å². The molecule has 3 rings (SSSR count). The Bertz CT molecular complexity index is 799. The van der Waals surface area contributed by atoms with Crippen LogP contribution in [0.4, 0.5) is 11.4 Å². The minimum atomic E-state index is -0.352. The van der Waals surface area contributed by atoms with Crippen molar-refractivity contribution in [1.29, 1.82) is 0 Å². The van der Waals surface area contributed by atoms with E-state index in [0.717, 1.165) is 22.6 Å². The van der Waals surface area contributed by atoms with Gasteiger partial charge in [-0.05, 0) is 49.7 Å². The first-order valence-corrected chi connectivity index (χ1v) is 8.30. The first-order valence-electron chi connectivity index (χ1n) is 8.30. The molecule has 1 atom stereocenters. The van der Waals surface area contributed by atoms with E-state index in [2.05, 4.69) is 5.32 Å². The number of methoxy groups -OCH3 is 1. The Balaban J connectivity index is 1.69. The molecule has 1 N–H and O–H groups in total. The van der Waals surface area contributed by atoms with Crippen molar-refractivity contribution in [3.63, 3.8) is 0 Å². The zero-order valence-electron chi connectivity index (χ0n) is 14.7. The lowest BCUT2D eigenvalue weighted by Gasteiger charge is -2.19. The molecule has 2 aromatic carbocycles. The number of aryl methyl sites for hydroxylation is 2. The molecule has 0 aliphatic carbocycles. The SMILES string of the molecule is COc1ccc(NC(=O)[C@@H]2CC(=O)N(c3ccc(C)cc3C)C2)cc1. The number of nitrogens with zero attached hydrogens (tertiary/aromatic N) is 1. The van der Waals surface area contributed by atoms with Crippen LogP contribution in [0, 0.1) is 19.8 Å². The maximum Gasteiger partial charge on any atom is 0.229 e. The van der Waals surface area contributed by atoms with Gasteiger partial charge in [0.15, 0.2) is 0 Å². The summed E-state index contributed by atoms with van der Waals surface area (Å²) < 4.78 is 5.11. The Morgan fingerprint density at radius 2 is 1.88 bits per heavy atom. The highest BCUT2D eigenvalue weighted by molar-refractivity contribution is 6.03. The van der Waals surface area contributed by atoms with Crippen LogP contribution in [0.25, 0.3) is 0 Å². The fourth-order valence-electron chi connectivity index (χ4n) is 3.14. The third-order valence-corrected chi connectivity index (χ3v) is 4.50. The number of benzene rings is 2. The first-order chi connectivity index (χ1) is 12.0. The second-order valence-corrected chi connectivity index (χ2v) is 6.41. The highest BCUT2D eigenvalue weighted by atomic mass is 16.5. The predicted molar refractivity (Wildman–Crippen MR) is 98.0 cm³/mol. The molecule has 0 saturated carbocycles. The van der Waals surface area contributed by atoms with Gasteiger partial charge >= 0.3 is 0 Å². The third-order valence-electron chi connectivity index (χ3n) is 4.50. The van der Waals surface area contributed by atoms with Crippen LogP contribution in [-0.2, 0) is 9.59 Å². The smallest absolute Gasteiger partial charge is 0.229 e. The molecule has 2 aromatic rings. The summed E-state index contributed by atoms with van der Waals surface area (Å²) in [4.78, 5) is 26.6. The summed E-state index contributed by atoms with van der Waals surface area (Å²) in [5.74, 6) is 0.234. The van der Waals surface area contributed by atoms with E-state index in [9.17, 15) is 9.59 Å². The summed E-state index contributed by atoms with van der Waals surface area (Å²) in [5.41, 5.74) is 3.78. The van der Waals surface area contributed by atoms with Gasteiger partial charge in [-0.3, -0.25) is 9.59 Å². The Labute approximate surface area is 147 Å². The Morgan fingerprint density at radius 1 is 1.16 bits per heavy atom. The van der Waals surface area contributed by atoms with Gasteiger partial charge in [-0.2, -0.15) is 0 Å². The van der Waals surface area contributed by atoms with Gasteiger partial charge in [0.2, 0.25) is 11.8 Å². The molecule has 5 heteroatoms. The summed E-state index contributed by atoms with van der Waals surface area (Å²) in [7, 11) is 1.60. The maximum absolute atomic E-state index is 12.5. The normalized spacial score (nSPS) is 16.8. The highest BCUT2D eigenvalue weighted by Gasteiger charge is 2.35. The van der Waals surface area contributed by atoms with Crippen molar-refractivity contribution >= 4 is 23.2 Å². The van der Waals surface area contributed by atoms with Crippen LogP contribution in [0.1, 0.15) is 17.5 Å². The van der Waals surface area contributed by atoms with E-state index in [1.807, 2.05) is 32.0 Å². The van der Waals surface area contributed by atoms with E-state index in [4.69, 9.17) is 4.74 Å². The molecule has 2 amide bonds. The van der Waals surface area contributed by atoms with E-state index < -0.39 is 0 Å². The second kappa shape index (κ2) is 6.97. The number of hydrogen-bond acceptors (Lipinski definition) is 3. The molecule has 130 valence electrons. The number of ether oxygens (including phenoxy) is 1.